The first-order chi connectivity index (χ1) is 13.6. The van der Waals surface area contributed by atoms with Crippen molar-refractivity contribution in [2.24, 2.45) is 11.7 Å². The quantitative estimate of drug-likeness (QED) is 0.713. The monoisotopic (exact) mass is 396 g/mol. The molecule has 2 aromatic heterocycles. The fourth-order valence-corrected chi connectivity index (χ4v) is 4.79. The lowest BCUT2D eigenvalue weighted by Crippen LogP contribution is -2.46. The van der Waals surface area contributed by atoms with Crippen LogP contribution in [0.5, 0.6) is 0 Å². The fraction of sp³-hybridized carbons (Fsp3) is 0.381. The largest absolute Gasteiger partial charge is 0.377 e. The molecule has 1 aromatic carbocycles. The molecule has 2 atom stereocenters. The van der Waals surface area contributed by atoms with Crippen molar-refractivity contribution in [2.45, 2.75) is 32.4 Å². The van der Waals surface area contributed by atoms with Gasteiger partial charge in [-0.05, 0) is 25.3 Å². The Labute approximate surface area is 168 Å². The Kier molecular flexibility index (Phi) is 5.28. The Morgan fingerprint density at radius 2 is 2.07 bits per heavy atom. The minimum Gasteiger partial charge on any atom is -0.377 e. The molecule has 3 heterocycles. The van der Waals surface area contributed by atoms with Gasteiger partial charge in [-0.25, -0.2) is 9.97 Å². The number of nitrogens with zero attached hydrogens (tertiary/aromatic N) is 3. The van der Waals surface area contributed by atoms with E-state index in [1.807, 2.05) is 18.2 Å². The van der Waals surface area contributed by atoms with E-state index in [1.54, 1.807) is 18.4 Å². The number of piperidine rings is 1. The maximum Gasteiger partial charge on any atom is 0.222 e. The number of hydrogen-bond acceptors (Lipinski definition) is 6. The molecule has 6 nitrogen and oxygen atoms in total. The van der Waals surface area contributed by atoms with Gasteiger partial charge in [0.2, 0.25) is 5.91 Å². The van der Waals surface area contributed by atoms with Crippen LogP contribution >= 0.6 is 11.3 Å². The van der Waals surface area contributed by atoms with E-state index in [1.165, 1.54) is 0 Å². The predicted molar refractivity (Wildman–Crippen MR) is 112 cm³/mol. The molecule has 146 valence electrons. The Bertz CT molecular complexity index is 989. The van der Waals surface area contributed by atoms with Crippen molar-refractivity contribution < 1.29 is 9.53 Å². The van der Waals surface area contributed by atoms with E-state index in [0.29, 0.717) is 19.0 Å². The Hall–Kier alpha value is -2.51. The van der Waals surface area contributed by atoms with Crippen molar-refractivity contribution in [1.29, 1.82) is 0 Å². The number of fused-ring (bicyclic) bond motifs is 1. The van der Waals surface area contributed by atoms with Gasteiger partial charge in [-0.15, -0.1) is 11.3 Å². The van der Waals surface area contributed by atoms with Crippen LogP contribution in [0.25, 0.3) is 21.3 Å². The molecule has 7 heteroatoms. The van der Waals surface area contributed by atoms with Crippen molar-refractivity contribution in [3.05, 3.63) is 41.5 Å². The topological polar surface area (TPSA) is 81.3 Å². The van der Waals surface area contributed by atoms with Crippen molar-refractivity contribution in [3.63, 3.8) is 0 Å². The molecule has 28 heavy (non-hydrogen) atoms. The summed E-state index contributed by atoms with van der Waals surface area (Å²) in [7, 11) is 1.64. The van der Waals surface area contributed by atoms with Gasteiger partial charge in [-0.1, -0.05) is 30.3 Å². The first-order valence-electron chi connectivity index (χ1n) is 9.47. The lowest BCUT2D eigenvalue weighted by atomic mass is 9.92. The number of rotatable bonds is 5. The number of methoxy groups -OCH3 is 1. The van der Waals surface area contributed by atoms with Gasteiger partial charge in [0.15, 0.2) is 5.82 Å². The lowest BCUT2D eigenvalue weighted by Gasteiger charge is -2.38. The number of carbonyl (C=O) groups is 1. The van der Waals surface area contributed by atoms with Gasteiger partial charge in [0.25, 0.3) is 0 Å². The van der Waals surface area contributed by atoms with Crippen molar-refractivity contribution in [2.75, 3.05) is 18.6 Å². The Balaban J connectivity index is 1.89. The number of ether oxygens (including phenoxy) is 1. The molecule has 0 spiro atoms. The second-order valence-corrected chi connectivity index (χ2v) is 8.13. The van der Waals surface area contributed by atoms with Crippen LogP contribution in [0.4, 0.5) is 5.82 Å². The number of aromatic nitrogens is 2. The van der Waals surface area contributed by atoms with Crippen LogP contribution in [0.3, 0.4) is 0 Å². The summed E-state index contributed by atoms with van der Waals surface area (Å²) in [6.45, 7) is 3.11. The highest BCUT2D eigenvalue weighted by atomic mass is 32.1. The first-order valence-corrected chi connectivity index (χ1v) is 10.3. The van der Waals surface area contributed by atoms with Gasteiger partial charge in [0.1, 0.15) is 17.3 Å². The zero-order valence-corrected chi connectivity index (χ0v) is 16.9. The van der Waals surface area contributed by atoms with Crippen molar-refractivity contribution in [1.82, 2.24) is 9.97 Å². The minimum atomic E-state index is -0.243. The smallest absolute Gasteiger partial charge is 0.222 e. The summed E-state index contributed by atoms with van der Waals surface area (Å²) in [6, 6.07) is 10.5. The molecule has 3 aromatic rings. The molecule has 1 amide bonds. The van der Waals surface area contributed by atoms with Crippen LogP contribution in [0.1, 0.15) is 25.6 Å². The van der Waals surface area contributed by atoms with E-state index >= 15 is 0 Å². The van der Waals surface area contributed by atoms with Gasteiger partial charge >= 0.3 is 0 Å². The van der Waals surface area contributed by atoms with Crippen molar-refractivity contribution >= 4 is 33.3 Å². The third kappa shape index (κ3) is 3.47. The molecule has 1 fully saturated rings. The molecule has 0 aliphatic carbocycles. The van der Waals surface area contributed by atoms with E-state index in [2.05, 4.69) is 29.3 Å². The second kappa shape index (κ2) is 7.85. The summed E-state index contributed by atoms with van der Waals surface area (Å²) < 4.78 is 5.28. The molecular weight excluding hydrogens is 372 g/mol. The van der Waals surface area contributed by atoms with Crippen molar-refractivity contribution in [3.8, 4) is 11.1 Å². The zero-order chi connectivity index (χ0) is 19.7. The highest BCUT2D eigenvalue weighted by Gasteiger charge is 2.31. The molecule has 1 aliphatic heterocycles. The highest BCUT2D eigenvalue weighted by molar-refractivity contribution is 7.17. The van der Waals surface area contributed by atoms with Crippen LogP contribution in [0, 0.1) is 5.92 Å². The van der Waals surface area contributed by atoms with Gasteiger partial charge < -0.3 is 15.4 Å². The minimum absolute atomic E-state index is 0.161. The summed E-state index contributed by atoms with van der Waals surface area (Å²) in [6.07, 6.45) is 1.73. The molecule has 2 unspecified atom stereocenters. The van der Waals surface area contributed by atoms with E-state index in [0.717, 1.165) is 40.0 Å². The summed E-state index contributed by atoms with van der Waals surface area (Å²) in [4.78, 5) is 24.6. The Morgan fingerprint density at radius 3 is 2.79 bits per heavy atom. The average molecular weight is 397 g/mol. The van der Waals surface area contributed by atoms with Crippen LogP contribution in [-0.2, 0) is 16.1 Å². The number of hydrogen-bond donors (Lipinski definition) is 1. The Morgan fingerprint density at radius 1 is 1.29 bits per heavy atom. The molecule has 4 rings (SSSR count). The zero-order valence-electron chi connectivity index (χ0n) is 16.1. The first kappa shape index (κ1) is 18.8. The number of anilines is 1. The molecule has 0 radical (unpaired) electrons. The van der Waals surface area contributed by atoms with Crippen LogP contribution in [-0.4, -0.2) is 35.6 Å². The van der Waals surface area contributed by atoms with Gasteiger partial charge in [0, 0.05) is 30.6 Å². The third-order valence-electron chi connectivity index (χ3n) is 5.38. The number of carbonyl (C=O) groups excluding carboxylic acids is 1. The fourth-order valence-electron chi connectivity index (χ4n) is 3.83. The second-order valence-electron chi connectivity index (χ2n) is 7.27. The molecule has 1 saturated heterocycles. The number of nitrogens with two attached hydrogens (primary N) is 1. The maximum absolute atomic E-state index is 11.9. The van der Waals surface area contributed by atoms with Gasteiger partial charge in [0.05, 0.1) is 11.3 Å². The van der Waals surface area contributed by atoms with E-state index in [-0.39, 0.29) is 17.9 Å². The number of thiophene rings is 1. The van der Waals surface area contributed by atoms with Gasteiger partial charge in [-0.2, -0.15) is 0 Å². The van der Waals surface area contributed by atoms with E-state index in [4.69, 9.17) is 20.4 Å². The van der Waals surface area contributed by atoms with Crippen LogP contribution in [0.15, 0.2) is 35.7 Å². The number of amides is 1. The normalized spacial score (nSPS) is 19.9. The summed E-state index contributed by atoms with van der Waals surface area (Å²) >= 11 is 1.61. The average Bonchev–Trinajstić information content (AvgIpc) is 3.12. The molecule has 0 bridgehead atoms. The molecule has 2 N–H and O–H groups in total. The summed E-state index contributed by atoms with van der Waals surface area (Å²) in [5.74, 6) is 1.12. The summed E-state index contributed by atoms with van der Waals surface area (Å²) in [5, 5.41) is 3.17. The van der Waals surface area contributed by atoms with Crippen LogP contribution < -0.4 is 10.6 Å². The lowest BCUT2D eigenvalue weighted by molar-refractivity contribution is -0.122. The maximum atomic E-state index is 11.9. The van der Waals surface area contributed by atoms with Gasteiger partial charge in [-0.3, -0.25) is 4.79 Å². The third-order valence-corrected chi connectivity index (χ3v) is 6.25. The predicted octanol–water partition coefficient (Wildman–Crippen LogP) is 3.59. The number of primary amides is 1. The van der Waals surface area contributed by atoms with Crippen LogP contribution in [0.2, 0.25) is 0 Å². The summed E-state index contributed by atoms with van der Waals surface area (Å²) in [5.41, 5.74) is 7.88. The van der Waals surface area contributed by atoms with E-state index < -0.39 is 0 Å². The van der Waals surface area contributed by atoms with E-state index in [9.17, 15) is 4.79 Å². The molecule has 1 aliphatic rings. The SMILES string of the molecule is COCc1nc(N2CC(C(N)=O)CCC2C)c2c(-c3ccccc3)csc2n1. The number of benzene rings is 1. The standard InChI is InChI=1S/C21H24N4O2S/c1-13-8-9-15(19(22)26)10-25(13)20-18-16(14-6-4-3-5-7-14)12-28-21(18)24-17(23-20)11-27-2/h3-7,12-13,15H,8-11H2,1-2H3,(H2,22,26). The molecular formula is C21H24N4O2S. The highest BCUT2D eigenvalue weighted by Crippen LogP contribution is 2.40. The molecule has 0 saturated carbocycles.